The Morgan fingerprint density at radius 3 is 2.69 bits per heavy atom. The van der Waals surface area contributed by atoms with E-state index in [0.717, 1.165) is 18.4 Å². The molecule has 0 N–H and O–H groups in total. The quantitative estimate of drug-likeness (QED) is 0.597. The van der Waals surface area contributed by atoms with Crippen molar-refractivity contribution in [1.82, 2.24) is 4.57 Å². The van der Waals surface area contributed by atoms with Gasteiger partial charge in [0.2, 0.25) is 0 Å². The minimum absolute atomic E-state index is 0.0422. The maximum Gasteiger partial charge on any atom is 0.258 e. The van der Waals surface area contributed by atoms with Crippen LogP contribution in [0.2, 0.25) is 5.02 Å². The highest BCUT2D eigenvalue weighted by Crippen LogP contribution is 2.34. The van der Waals surface area contributed by atoms with Crippen molar-refractivity contribution in [3.63, 3.8) is 0 Å². The monoisotopic (exact) mass is 369 g/mol. The van der Waals surface area contributed by atoms with Crippen LogP contribution in [0.4, 0.5) is 4.39 Å². The maximum atomic E-state index is 13.5. The number of aromatic nitrogens is 1. The minimum Gasteiger partial charge on any atom is -0.312 e. The molecule has 1 heterocycles. The van der Waals surface area contributed by atoms with E-state index in [-0.39, 0.29) is 22.8 Å². The summed E-state index contributed by atoms with van der Waals surface area (Å²) in [5.74, 6) is -0.545. The number of hydrogen-bond donors (Lipinski definition) is 0. The number of aryl methyl sites for hydroxylation is 1. The number of Topliss-reactive ketones (excluding diaryl/α,β-unsaturated/α-hetero) is 1. The summed E-state index contributed by atoms with van der Waals surface area (Å²) >= 11 is 5.69. The van der Waals surface area contributed by atoms with E-state index in [1.165, 1.54) is 12.1 Å². The third kappa shape index (κ3) is 3.17. The fourth-order valence-electron chi connectivity index (χ4n) is 3.26. The molecule has 1 fully saturated rings. The molecule has 1 aliphatic rings. The van der Waals surface area contributed by atoms with Crippen LogP contribution in [0.5, 0.6) is 0 Å². The van der Waals surface area contributed by atoms with Crippen LogP contribution in [0, 0.1) is 5.82 Å². The fraction of sp³-hybridized carbons (Fsp3) is 0.238. The van der Waals surface area contributed by atoms with Crippen molar-refractivity contribution in [3.05, 3.63) is 81.0 Å². The molecule has 132 valence electrons. The molecule has 2 aromatic carbocycles. The lowest BCUT2D eigenvalue weighted by Gasteiger charge is -2.09. The second-order valence-electron chi connectivity index (χ2n) is 6.70. The summed E-state index contributed by atoms with van der Waals surface area (Å²) in [5.41, 5.74) is 1.22. The lowest BCUT2D eigenvalue weighted by atomic mass is 9.98. The van der Waals surface area contributed by atoms with Gasteiger partial charge in [0.15, 0.2) is 5.78 Å². The molecule has 0 amide bonds. The van der Waals surface area contributed by atoms with Crippen molar-refractivity contribution in [2.45, 2.75) is 31.7 Å². The number of pyridine rings is 1. The zero-order valence-corrected chi connectivity index (χ0v) is 14.8. The Hall–Kier alpha value is -2.46. The zero-order valence-electron chi connectivity index (χ0n) is 14.0. The topological polar surface area (TPSA) is 39.1 Å². The second kappa shape index (κ2) is 6.69. The molecule has 4 rings (SSSR count). The smallest absolute Gasteiger partial charge is 0.258 e. The SMILES string of the molecule is O=C(CCc1ccc(Cl)c(F)c1)c1cccc2c(=O)n(C3CC3)ccc12. The molecular weight excluding hydrogens is 353 g/mol. The normalized spacial score (nSPS) is 13.9. The van der Waals surface area contributed by atoms with Crippen LogP contribution in [-0.2, 0) is 6.42 Å². The molecule has 26 heavy (non-hydrogen) atoms. The number of carbonyl (C=O) groups is 1. The van der Waals surface area contributed by atoms with Crippen LogP contribution in [-0.4, -0.2) is 10.4 Å². The summed E-state index contributed by atoms with van der Waals surface area (Å²) in [4.78, 5) is 25.3. The van der Waals surface area contributed by atoms with E-state index in [4.69, 9.17) is 11.6 Å². The number of carbonyl (C=O) groups excluding carboxylic acids is 1. The molecule has 0 atom stereocenters. The molecule has 0 unspecified atom stereocenters. The van der Waals surface area contributed by atoms with Gasteiger partial charge in [0.25, 0.3) is 5.56 Å². The average Bonchev–Trinajstić information content (AvgIpc) is 3.47. The molecule has 0 aliphatic heterocycles. The number of nitrogens with zero attached hydrogens (tertiary/aromatic N) is 1. The van der Waals surface area contributed by atoms with Crippen LogP contribution in [0.3, 0.4) is 0 Å². The first-order valence-corrected chi connectivity index (χ1v) is 9.03. The lowest BCUT2D eigenvalue weighted by Crippen LogP contribution is -2.19. The summed E-state index contributed by atoms with van der Waals surface area (Å²) in [5, 5.41) is 1.32. The summed E-state index contributed by atoms with van der Waals surface area (Å²) in [7, 11) is 0. The van der Waals surface area contributed by atoms with Gasteiger partial charge in [-0.3, -0.25) is 9.59 Å². The number of rotatable bonds is 5. The summed E-state index contributed by atoms with van der Waals surface area (Å²) in [6.07, 6.45) is 4.51. The summed E-state index contributed by atoms with van der Waals surface area (Å²) in [6.45, 7) is 0. The molecule has 0 radical (unpaired) electrons. The second-order valence-corrected chi connectivity index (χ2v) is 7.10. The van der Waals surface area contributed by atoms with Gasteiger partial charge in [0.05, 0.1) is 5.02 Å². The lowest BCUT2D eigenvalue weighted by molar-refractivity contribution is 0.0984. The Kier molecular flexibility index (Phi) is 4.37. The predicted octanol–water partition coefficient (Wildman–Crippen LogP) is 4.94. The van der Waals surface area contributed by atoms with E-state index in [1.54, 1.807) is 35.0 Å². The third-order valence-corrected chi connectivity index (χ3v) is 5.14. The number of benzene rings is 2. The first-order chi connectivity index (χ1) is 12.5. The van der Waals surface area contributed by atoms with Crippen LogP contribution in [0.15, 0.2) is 53.5 Å². The van der Waals surface area contributed by atoms with Crippen molar-refractivity contribution >= 4 is 28.2 Å². The van der Waals surface area contributed by atoms with Crippen molar-refractivity contribution in [1.29, 1.82) is 0 Å². The van der Waals surface area contributed by atoms with Gasteiger partial charge in [-0.15, -0.1) is 0 Å². The van der Waals surface area contributed by atoms with Crippen LogP contribution < -0.4 is 5.56 Å². The molecule has 5 heteroatoms. The van der Waals surface area contributed by atoms with E-state index >= 15 is 0 Å². The Bertz CT molecular complexity index is 1070. The van der Waals surface area contributed by atoms with E-state index in [9.17, 15) is 14.0 Å². The number of ketones is 1. The van der Waals surface area contributed by atoms with Gasteiger partial charge in [0.1, 0.15) is 5.82 Å². The van der Waals surface area contributed by atoms with Gasteiger partial charge in [-0.2, -0.15) is 0 Å². The maximum absolute atomic E-state index is 13.5. The van der Waals surface area contributed by atoms with E-state index in [1.807, 2.05) is 6.07 Å². The Morgan fingerprint density at radius 1 is 1.15 bits per heavy atom. The van der Waals surface area contributed by atoms with Gasteiger partial charge in [-0.25, -0.2) is 4.39 Å². The largest absolute Gasteiger partial charge is 0.312 e. The Labute approximate surface area is 155 Å². The highest BCUT2D eigenvalue weighted by molar-refractivity contribution is 6.30. The van der Waals surface area contributed by atoms with Crippen molar-refractivity contribution in [2.24, 2.45) is 0 Å². The van der Waals surface area contributed by atoms with Crippen molar-refractivity contribution < 1.29 is 9.18 Å². The Morgan fingerprint density at radius 2 is 1.96 bits per heavy atom. The zero-order chi connectivity index (χ0) is 18.3. The van der Waals surface area contributed by atoms with Crippen LogP contribution >= 0.6 is 11.6 Å². The molecule has 1 saturated carbocycles. The van der Waals surface area contributed by atoms with Crippen molar-refractivity contribution in [3.8, 4) is 0 Å². The highest BCUT2D eigenvalue weighted by Gasteiger charge is 2.25. The summed E-state index contributed by atoms with van der Waals surface area (Å²) < 4.78 is 15.3. The molecule has 1 aliphatic carbocycles. The molecule has 1 aromatic heterocycles. The number of fused-ring (bicyclic) bond motifs is 1. The molecule has 0 bridgehead atoms. The van der Waals surface area contributed by atoms with E-state index < -0.39 is 5.82 Å². The molecule has 0 saturated heterocycles. The first-order valence-electron chi connectivity index (χ1n) is 8.65. The average molecular weight is 370 g/mol. The molecule has 0 spiro atoms. The molecule has 3 nitrogen and oxygen atoms in total. The minimum atomic E-state index is -0.484. The predicted molar refractivity (Wildman–Crippen MR) is 101 cm³/mol. The van der Waals surface area contributed by atoms with E-state index in [2.05, 4.69) is 0 Å². The fourth-order valence-corrected chi connectivity index (χ4v) is 3.38. The molecular formula is C21H17ClFNO2. The number of hydrogen-bond acceptors (Lipinski definition) is 2. The summed E-state index contributed by atoms with van der Waals surface area (Å²) in [6, 6.07) is 12.0. The van der Waals surface area contributed by atoms with Gasteiger partial charge in [-0.05, 0) is 54.5 Å². The van der Waals surface area contributed by atoms with Crippen molar-refractivity contribution in [2.75, 3.05) is 0 Å². The van der Waals surface area contributed by atoms with E-state index in [0.29, 0.717) is 28.8 Å². The van der Waals surface area contributed by atoms with Gasteiger partial charge in [-0.1, -0.05) is 29.8 Å². The Balaban J connectivity index is 1.61. The molecule has 3 aromatic rings. The third-order valence-electron chi connectivity index (χ3n) is 4.84. The van der Waals surface area contributed by atoms with Gasteiger partial charge < -0.3 is 4.57 Å². The van der Waals surface area contributed by atoms with Crippen LogP contribution in [0.25, 0.3) is 10.8 Å². The van der Waals surface area contributed by atoms with Gasteiger partial charge >= 0.3 is 0 Å². The van der Waals surface area contributed by atoms with Gasteiger partial charge in [0, 0.05) is 29.6 Å². The standard InChI is InChI=1S/C21H17ClFNO2/c22-18-8-4-13(12-19(18)23)5-9-20(25)16-2-1-3-17-15(16)10-11-24(21(17)26)14-6-7-14/h1-4,8,10-12,14H,5-7,9H2. The first kappa shape index (κ1) is 17.0. The number of halogens is 2. The highest BCUT2D eigenvalue weighted by atomic mass is 35.5. The van der Waals surface area contributed by atoms with Crippen LogP contribution in [0.1, 0.15) is 41.2 Å².